The Morgan fingerprint density at radius 1 is 1.53 bits per heavy atom. The molecule has 0 saturated carbocycles. The standard InChI is InChI=1S/C11H7ClFNO2S/c1-5-9(11(15)16)17-10(14-5)6-2-3-8(13)7(12)4-6/h2-4H,1H3,(H,15,16). The second-order valence-electron chi connectivity index (χ2n) is 3.37. The van der Waals surface area contributed by atoms with Gasteiger partial charge in [-0.25, -0.2) is 14.2 Å². The number of halogens is 2. The van der Waals surface area contributed by atoms with Crippen LogP contribution in [0, 0.1) is 12.7 Å². The van der Waals surface area contributed by atoms with Gasteiger partial charge in [-0.2, -0.15) is 0 Å². The first-order valence-electron chi connectivity index (χ1n) is 4.65. The van der Waals surface area contributed by atoms with Gasteiger partial charge in [-0.15, -0.1) is 11.3 Å². The fourth-order valence-electron chi connectivity index (χ4n) is 1.35. The van der Waals surface area contributed by atoms with E-state index < -0.39 is 11.8 Å². The topological polar surface area (TPSA) is 50.2 Å². The number of nitrogens with zero attached hydrogens (tertiary/aromatic N) is 1. The molecule has 0 spiro atoms. The summed E-state index contributed by atoms with van der Waals surface area (Å²) in [7, 11) is 0. The van der Waals surface area contributed by atoms with E-state index in [-0.39, 0.29) is 9.90 Å². The van der Waals surface area contributed by atoms with Crippen molar-refractivity contribution in [2.75, 3.05) is 0 Å². The van der Waals surface area contributed by atoms with Crippen molar-refractivity contribution in [2.24, 2.45) is 0 Å². The summed E-state index contributed by atoms with van der Waals surface area (Å²) in [4.78, 5) is 15.2. The molecular weight excluding hydrogens is 265 g/mol. The number of rotatable bonds is 2. The molecule has 17 heavy (non-hydrogen) atoms. The van der Waals surface area contributed by atoms with Crippen LogP contribution < -0.4 is 0 Å². The Bertz CT molecular complexity index is 597. The fourth-order valence-corrected chi connectivity index (χ4v) is 2.43. The molecule has 0 aliphatic heterocycles. The van der Waals surface area contributed by atoms with Gasteiger partial charge in [-0.3, -0.25) is 0 Å². The minimum Gasteiger partial charge on any atom is -0.477 e. The van der Waals surface area contributed by atoms with E-state index in [1.165, 1.54) is 18.2 Å². The van der Waals surface area contributed by atoms with Gasteiger partial charge in [0.05, 0.1) is 10.7 Å². The van der Waals surface area contributed by atoms with E-state index in [0.29, 0.717) is 16.3 Å². The van der Waals surface area contributed by atoms with Gasteiger partial charge >= 0.3 is 5.97 Å². The van der Waals surface area contributed by atoms with Crippen LogP contribution in [0.15, 0.2) is 18.2 Å². The molecule has 0 saturated heterocycles. The molecule has 1 aromatic carbocycles. The summed E-state index contributed by atoms with van der Waals surface area (Å²) >= 11 is 6.70. The molecule has 0 unspecified atom stereocenters. The quantitative estimate of drug-likeness (QED) is 0.908. The van der Waals surface area contributed by atoms with E-state index in [9.17, 15) is 9.18 Å². The third kappa shape index (κ3) is 2.30. The van der Waals surface area contributed by atoms with E-state index in [1.54, 1.807) is 6.92 Å². The lowest BCUT2D eigenvalue weighted by molar-refractivity contribution is 0.0701. The van der Waals surface area contributed by atoms with Crippen molar-refractivity contribution in [3.8, 4) is 10.6 Å². The molecule has 0 atom stereocenters. The number of carbonyl (C=O) groups is 1. The Hall–Kier alpha value is -1.46. The molecule has 6 heteroatoms. The van der Waals surface area contributed by atoms with Gasteiger partial charge in [-0.05, 0) is 25.1 Å². The van der Waals surface area contributed by atoms with Crippen LogP contribution in [0.5, 0.6) is 0 Å². The zero-order valence-electron chi connectivity index (χ0n) is 8.70. The van der Waals surface area contributed by atoms with Crippen LogP contribution in [-0.2, 0) is 0 Å². The predicted octanol–water partition coefficient (Wildman–Crippen LogP) is 3.61. The average molecular weight is 272 g/mol. The zero-order chi connectivity index (χ0) is 12.6. The Balaban J connectivity index is 2.50. The van der Waals surface area contributed by atoms with E-state index in [1.807, 2.05) is 0 Å². The highest BCUT2D eigenvalue weighted by Crippen LogP contribution is 2.30. The number of aromatic carboxylic acids is 1. The Morgan fingerprint density at radius 3 is 2.76 bits per heavy atom. The number of benzene rings is 1. The van der Waals surface area contributed by atoms with Crippen LogP contribution in [0.25, 0.3) is 10.6 Å². The average Bonchev–Trinajstić information content (AvgIpc) is 2.64. The number of thiazole rings is 1. The van der Waals surface area contributed by atoms with Crippen LogP contribution >= 0.6 is 22.9 Å². The second kappa shape index (κ2) is 4.43. The molecular formula is C11H7ClFNO2S. The molecule has 3 nitrogen and oxygen atoms in total. The van der Waals surface area contributed by atoms with Crippen LogP contribution in [0.1, 0.15) is 15.4 Å². The molecule has 2 aromatic rings. The summed E-state index contributed by atoms with van der Waals surface area (Å²) in [6.45, 7) is 1.62. The smallest absolute Gasteiger partial charge is 0.347 e. The fraction of sp³-hybridized carbons (Fsp3) is 0.0909. The summed E-state index contributed by atoms with van der Waals surface area (Å²) in [6.07, 6.45) is 0. The van der Waals surface area contributed by atoms with Crippen LogP contribution in [-0.4, -0.2) is 16.1 Å². The van der Waals surface area contributed by atoms with Gasteiger partial charge in [0.25, 0.3) is 0 Å². The maximum absolute atomic E-state index is 13.0. The number of aromatic nitrogens is 1. The summed E-state index contributed by atoms with van der Waals surface area (Å²) in [5.74, 6) is -1.53. The van der Waals surface area contributed by atoms with Gasteiger partial charge < -0.3 is 5.11 Å². The number of hydrogen-bond donors (Lipinski definition) is 1. The maximum atomic E-state index is 13.0. The number of carboxylic acid groups (broad SMARTS) is 1. The maximum Gasteiger partial charge on any atom is 0.347 e. The van der Waals surface area contributed by atoms with Gasteiger partial charge in [-0.1, -0.05) is 11.6 Å². The third-order valence-corrected chi connectivity index (χ3v) is 3.64. The van der Waals surface area contributed by atoms with Crippen molar-refractivity contribution in [3.05, 3.63) is 39.6 Å². The highest BCUT2D eigenvalue weighted by molar-refractivity contribution is 7.17. The van der Waals surface area contributed by atoms with E-state index >= 15 is 0 Å². The first-order valence-corrected chi connectivity index (χ1v) is 5.84. The van der Waals surface area contributed by atoms with E-state index in [0.717, 1.165) is 11.3 Å². The zero-order valence-corrected chi connectivity index (χ0v) is 10.3. The summed E-state index contributed by atoms with van der Waals surface area (Å²) in [5, 5.41) is 9.42. The molecule has 0 bridgehead atoms. The summed E-state index contributed by atoms with van der Waals surface area (Å²) < 4.78 is 13.0. The van der Waals surface area contributed by atoms with Crippen LogP contribution in [0.2, 0.25) is 5.02 Å². The molecule has 0 amide bonds. The molecule has 1 N–H and O–H groups in total. The minimum atomic E-state index is -1.01. The monoisotopic (exact) mass is 271 g/mol. The highest BCUT2D eigenvalue weighted by Gasteiger charge is 2.15. The molecule has 0 aliphatic rings. The van der Waals surface area contributed by atoms with Crippen molar-refractivity contribution in [1.82, 2.24) is 4.98 Å². The molecule has 0 aliphatic carbocycles. The SMILES string of the molecule is Cc1nc(-c2ccc(F)c(Cl)c2)sc1C(=O)O. The van der Waals surface area contributed by atoms with Gasteiger partial charge in [0.1, 0.15) is 15.7 Å². The third-order valence-electron chi connectivity index (χ3n) is 2.16. The second-order valence-corrected chi connectivity index (χ2v) is 4.77. The normalized spacial score (nSPS) is 10.5. The van der Waals surface area contributed by atoms with Crippen molar-refractivity contribution in [3.63, 3.8) is 0 Å². The number of hydrogen-bond acceptors (Lipinski definition) is 3. The van der Waals surface area contributed by atoms with Crippen molar-refractivity contribution >= 4 is 28.9 Å². The van der Waals surface area contributed by atoms with Crippen LogP contribution in [0.4, 0.5) is 4.39 Å². The Morgan fingerprint density at radius 2 is 2.24 bits per heavy atom. The number of aryl methyl sites for hydroxylation is 1. The molecule has 1 aromatic heterocycles. The van der Waals surface area contributed by atoms with Crippen molar-refractivity contribution < 1.29 is 14.3 Å². The van der Waals surface area contributed by atoms with Gasteiger partial charge in [0.2, 0.25) is 0 Å². The van der Waals surface area contributed by atoms with Crippen LogP contribution in [0.3, 0.4) is 0 Å². The minimum absolute atomic E-state index is 0.00720. The Labute approximate surface area is 106 Å². The van der Waals surface area contributed by atoms with Gasteiger partial charge in [0.15, 0.2) is 0 Å². The predicted molar refractivity (Wildman–Crippen MR) is 64.2 cm³/mol. The molecule has 88 valence electrons. The first kappa shape index (κ1) is 12.0. The van der Waals surface area contributed by atoms with Crippen molar-refractivity contribution in [1.29, 1.82) is 0 Å². The first-order chi connectivity index (χ1) is 7.99. The van der Waals surface area contributed by atoms with Gasteiger partial charge in [0, 0.05) is 5.56 Å². The lowest BCUT2D eigenvalue weighted by Gasteiger charge is -1.97. The number of carboxylic acids is 1. The molecule has 0 fully saturated rings. The Kier molecular flexibility index (Phi) is 3.13. The summed E-state index contributed by atoms with van der Waals surface area (Å²) in [5.41, 5.74) is 1.05. The molecule has 1 heterocycles. The molecule has 2 rings (SSSR count). The highest BCUT2D eigenvalue weighted by atomic mass is 35.5. The van der Waals surface area contributed by atoms with E-state index in [2.05, 4.69) is 4.98 Å². The lowest BCUT2D eigenvalue weighted by atomic mass is 10.2. The largest absolute Gasteiger partial charge is 0.477 e. The van der Waals surface area contributed by atoms with E-state index in [4.69, 9.17) is 16.7 Å². The summed E-state index contributed by atoms with van der Waals surface area (Å²) in [6, 6.07) is 4.18. The van der Waals surface area contributed by atoms with Crippen molar-refractivity contribution in [2.45, 2.75) is 6.92 Å². The molecule has 0 radical (unpaired) electrons. The lowest BCUT2D eigenvalue weighted by Crippen LogP contribution is -1.94.